The zero-order chi connectivity index (χ0) is 26.8. The van der Waals surface area contributed by atoms with Crippen LogP contribution in [0.25, 0.3) is 11.5 Å². The van der Waals surface area contributed by atoms with Gasteiger partial charge in [0.25, 0.3) is 5.91 Å². The Morgan fingerprint density at radius 3 is 2.63 bits per heavy atom. The summed E-state index contributed by atoms with van der Waals surface area (Å²) in [6.45, 7) is 3.92. The fraction of sp³-hybridized carbons (Fsp3) is 0.296. The molecular weight excluding hydrogens is 492 g/mol. The Morgan fingerprint density at radius 1 is 1.18 bits per heavy atom. The summed E-state index contributed by atoms with van der Waals surface area (Å²) >= 11 is 0. The fourth-order valence-electron chi connectivity index (χ4n) is 4.40. The van der Waals surface area contributed by atoms with Crippen LogP contribution in [0.5, 0.6) is 5.75 Å². The molecule has 1 fully saturated rings. The normalized spacial score (nSPS) is 12.9. The molecule has 0 radical (unpaired) electrons. The highest BCUT2D eigenvalue weighted by atomic mass is 19.1. The molecule has 1 aliphatic carbocycles. The third kappa shape index (κ3) is 5.04. The Morgan fingerprint density at radius 2 is 1.95 bits per heavy atom. The molecule has 3 aromatic heterocycles. The average Bonchev–Trinajstić information content (AvgIpc) is 3.69. The Balaban J connectivity index is 1.49. The van der Waals surface area contributed by atoms with Crippen LogP contribution in [0.1, 0.15) is 52.9 Å². The van der Waals surface area contributed by atoms with E-state index in [1.54, 1.807) is 43.2 Å². The molecule has 1 saturated carbocycles. The first kappa shape index (κ1) is 25.2. The van der Waals surface area contributed by atoms with Crippen molar-refractivity contribution in [1.29, 1.82) is 0 Å². The van der Waals surface area contributed by atoms with Gasteiger partial charge in [0.1, 0.15) is 28.9 Å². The number of carbonyl (C=O) groups excluding carboxylic acids is 1. The van der Waals surface area contributed by atoms with E-state index < -0.39 is 11.6 Å². The number of hydrogen-bond donors (Lipinski definition) is 2. The molecule has 1 aromatic carbocycles. The standard InChI is InChI=1S/C27H27F2N7O2/c1-4-38-17-11-20(28)19(21(29)12-17)14-36-25(16-5-6-16)15(2)24(35-36)26-32-10-8-23(34-26)33-22-7-9-31-13-18(22)27(37)30-3/h7-13,16H,4-6,14H2,1-3H3,(H,30,37)(H,31,32,33,34). The summed E-state index contributed by atoms with van der Waals surface area (Å²) in [7, 11) is 1.55. The van der Waals surface area contributed by atoms with E-state index >= 15 is 0 Å². The number of anilines is 2. The summed E-state index contributed by atoms with van der Waals surface area (Å²) < 4.78 is 36.6. The largest absolute Gasteiger partial charge is 0.494 e. The van der Waals surface area contributed by atoms with E-state index in [1.165, 1.54) is 18.3 Å². The van der Waals surface area contributed by atoms with Gasteiger partial charge in [-0.15, -0.1) is 0 Å². The molecule has 1 amide bonds. The smallest absolute Gasteiger partial charge is 0.254 e. The number of halogens is 2. The number of carbonyl (C=O) groups is 1. The van der Waals surface area contributed by atoms with Crippen LogP contribution < -0.4 is 15.4 Å². The summed E-state index contributed by atoms with van der Waals surface area (Å²) in [5, 5.41) is 10.4. The predicted molar refractivity (Wildman–Crippen MR) is 138 cm³/mol. The monoisotopic (exact) mass is 519 g/mol. The van der Waals surface area contributed by atoms with Gasteiger partial charge < -0.3 is 15.4 Å². The first-order chi connectivity index (χ1) is 18.4. The third-order valence-electron chi connectivity index (χ3n) is 6.36. The second-order valence-electron chi connectivity index (χ2n) is 8.98. The second-order valence-corrected chi connectivity index (χ2v) is 8.98. The molecule has 0 bridgehead atoms. The van der Waals surface area contributed by atoms with Gasteiger partial charge in [-0.3, -0.25) is 14.5 Å². The zero-order valence-corrected chi connectivity index (χ0v) is 21.3. The number of ether oxygens (including phenoxy) is 1. The van der Waals surface area contributed by atoms with Gasteiger partial charge in [0.05, 0.1) is 24.4 Å². The van der Waals surface area contributed by atoms with Gasteiger partial charge >= 0.3 is 0 Å². The number of benzene rings is 1. The van der Waals surface area contributed by atoms with Gasteiger partial charge in [-0.05, 0) is 38.8 Å². The SMILES string of the molecule is CCOc1cc(F)c(Cn2nc(-c3nccc(Nc4ccncc4C(=O)NC)n3)c(C)c2C2CC2)c(F)c1. The van der Waals surface area contributed by atoms with Crippen molar-refractivity contribution in [2.24, 2.45) is 0 Å². The molecule has 5 rings (SSSR count). The van der Waals surface area contributed by atoms with Crippen molar-refractivity contribution < 1.29 is 18.3 Å². The molecule has 9 nitrogen and oxygen atoms in total. The number of nitrogens with zero attached hydrogens (tertiary/aromatic N) is 5. The number of nitrogens with one attached hydrogen (secondary N) is 2. The maximum atomic E-state index is 14.8. The summed E-state index contributed by atoms with van der Waals surface area (Å²) in [5.74, 6) is -0.426. The molecule has 3 heterocycles. The minimum Gasteiger partial charge on any atom is -0.494 e. The number of pyridine rings is 1. The van der Waals surface area contributed by atoms with Crippen molar-refractivity contribution in [3.05, 3.63) is 76.9 Å². The highest BCUT2D eigenvalue weighted by Gasteiger charge is 2.32. The Bertz CT molecular complexity index is 1480. The Labute approximate surface area is 218 Å². The molecular formula is C27H27F2N7O2. The maximum Gasteiger partial charge on any atom is 0.254 e. The van der Waals surface area contributed by atoms with E-state index in [-0.39, 0.29) is 29.7 Å². The predicted octanol–water partition coefficient (Wildman–Crippen LogP) is 4.75. The molecule has 0 saturated heterocycles. The maximum absolute atomic E-state index is 14.8. The Kier molecular flexibility index (Phi) is 6.99. The lowest BCUT2D eigenvalue weighted by atomic mass is 10.1. The van der Waals surface area contributed by atoms with Crippen molar-refractivity contribution in [1.82, 2.24) is 30.0 Å². The van der Waals surface area contributed by atoms with Gasteiger partial charge in [0, 0.05) is 60.5 Å². The van der Waals surface area contributed by atoms with Gasteiger partial charge in [-0.2, -0.15) is 5.10 Å². The quantitative estimate of drug-likeness (QED) is 0.329. The van der Waals surface area contributed by atoms with E-state index in [9.17, 15) is 13.6 Å². The van der Waals surface area contributed by atoms with Crippen molar-refractivity contribution in [3.63, 3.8) is 0 Å². The summed E-state index contributed by atoms with van der Waals surface area (Å²) in [5.41, 5.74) is 3.14. The van der Waals surface area contributed by atoms with Crippen LogP contribution in [0.4, 0.5) is 20.3 Å². The fourth-order valence-corrected chi connectivity index (χ4v) is 4.40. The lowest BCUT2D eigenvalue weighted by Gasteiger charge is -2.11. The van der Waals surface area contributed by atoms with Gasteiger partial charge in [-0.1, -0.05) is 0 Å². The molecule has 2 N–H and O–H groups in total. The lowest BCUT2D eigenvalue weighted by Crippen LogP contribution is -2.19. The van der Waals surface area contributed by atoms with Crippen molar-refractivity contribution in [3.8, 4) is 17.3 Å². The average molecular weight is 520 g/mol. The van der Waals surface area contributed by atoms with Gasteiger partial charge in [0.15, 0.2) is 5.82 Å². The van der Waals surface area contributed by atoms with Crippen molar-refractivity contribution >= 4 is 17.4 Å². The van der Waals surface area contributed by atoms with Crippen LogP contribution in [0.15, 0.2) is 42.9 Å². The lowest BCUT2D eigenvalue weighted by molar-refractivity contribution is 0.0963. The van der Waals surface area contributed by atoms with Crippen LogP contribution in [0, 0.1) is 18.6 Å². The van der Waals surface area contributed by atoms with E-state index in [2.05, 4.69) is 25.6 Å². The van der Waals surface area contributed by atoms with Crippen molar-refractivity contribution in [2.45, 2.75) is 39.2 Å². The molecule has 0 aliphatic heterocycles. The first-order valence-corrected chi connectivity index (χ1v) is 12.3. The van der Waals surface area contributed by atoms with E-state index in [1.807, 2.05) is 6.92 Å². The summed E-state index contributed by atoms with van der Waals surface area (Å²) in [4.78, 5) is 25.3. The topological polar surface area (TPSA) is 107 Å². The molecule has 196 valence electrons. The van der Waals surface area contributed by atoms with Crippen molar-refractivity contribution in [2.75, 3.05) is 19.0 Å². The summed E-state index contributed by atoms with van der Waals surface area (Å²) in [6, 6.07) is 5.74. The van der Waals surface area contributed by atoms with Gasteiger partial charge in [0.2, 0.25) is 0 Å². The number of hydrogen-bond acceptors (Lipinski definition) is 7. The van der Waals surface area contributed by atoms with Crippen LogP contribution in [-0.4, -0.2) is 44.3 Å². The third-order valence-corrected chi connectivity index (χ3v) is 6.36. The second kappa shape index (κ2) is 10.5. The zero-order valence-electron chi connectivity index (χ0n) is 21.3. The van der Waals surface area contributed by atoms with Crippen LogP contribution >= 0.6 is 0 Å². The molecule has 0 spiro atoms. The van der Waals surface area contributed by atoms with Crippen LogP contribution in [-0.2, 0) is 6.54 Å². The minimum absolute atomic E-state index is 0.0683. The van der Waals surface area contributed by atoms with Gasteiger partial charge in [-0.25, -0.2) is 18.7 Å². The number of rotatable bonds is 9. The first-order valence-electron chi connectivity index (χ1n) is 12.3. The molecule has 0 atom stereocenters. The minimum atomic E-state index is -0.684. The van der Waals surface area contributed by atoms with E-state index in [0.29, 0.717) is 35.2 Å². The highest BCUT2D eigenvalue weighted by molar-refractivity contribution is 5.99. The molecule has 4 aromatic rings. The van der Waals surface area contributed by atoms with E-state index in [0.717, 1.165) is 24.1 Å². The summed E-state index contributed by atoms with van der Waals surface area (Å²) in [6.07, 6.45) is 6.59. The molecule has 11 heteroatoms. The molecule has 0 unspecified atom stereocenters. The number of aromatic nitrogens is 5. The Hall–Kier alpha value is -4.41. The molecule has 1 aliphatic rings. The van der Waals surface area contributed by atoms with E-state index in [4.69, 9.17) is 9.84 Å². The van der Waals surface area contributed by atoms with Crippen LogP contribution in [0.2, 0.25) is 0 Å². The molecule has 38 heavy (non-hydrogen) atoms. The van der Waals surface area contributed by atoms with Crippen LogP contribution in [0.3, 0.4) is 0 Å². The highest BCUT2D eigenvalue weighted by Crippen LogP contribution is 2.43. The number of amides is 1.